The van der Waals surface area contributed by atoms with Gasteiger partial charge in [-0.2, -0.15) is 0 Å². The quantitative estimate of drug-likeness (QED) is 0.774. The Morgan fingerprint density at radius 2 is 2.16 bits per heavy atom. The molecule has 3 nitrogen and oxygen atoms in total. The summed E-state index contributed by atoms with van der Waals surface area (Å²) in [5.41, 5.74) is 1.08. The van der Waals surface area contributed by atoms with Gasteiger partial charge in [-0.15, -0.1) is 6.58 Å². The molecule has 2 atom stereocenters. The molecule has 104 valence electrons. The fourth-order valence-corrected chi connectivity index (χ4v) is 2.46. The topological polar surface area (TPSA) is 27.7 Å². The van der Waals surface area contributed by atoms with Crippen LogP contribution in [-0.2, 0) is 9.47 Å². The third-order valence-electron chi connectivity index (χ3n) is 3.40. The second kappa shape index (κ2) is 5.76. The predicted octanol–water partition coefficient (Wildman–Crippen LogP) is 3.71. The van der Waals surface area contributed by atoms with E-state index in [1.807, 2.05) is 38.1 Å². The van der Waals surface area contributed by atoms with Crippen molar-refractivity contribution >= 4 is 0 Å². The van der Waals surface area contributed by atoms with Crippen LogP contribution in [-0.4, -0.2) is 19.5 Å². The zero-order valence-corrected chi connectivity index (χ0v) is 11.9. The summed E-state index contributed by atoms with van der Waals surface area (Å²) in [5, 5.41) is 0. The van der Waals surface area contributed by atoms with Crippen molar-refractivity contribution in [3.63, 3.8) is 0 Å². The van der Waals surface area contributed by atoms with Crippen LogP contribution in [0.15, 0.2) is 36.9 Å². The molecule has 1 aliphatic rings. The molecule has 2 rings (SSSR count). The molecular formula is C16H22O3. The Morgan fingerprint density at radius 3 is 2.84 bits per heavy atom. The number of hydrogen-bond acceptors (Lipinski definition) is 3. The Morgan fingerprint density at radius 1 is 1.42 bits per heavy atom. The third-order valence-corrected chi connectivity index (χ3v) is 3.40. The Kier molecular flexibility index (Phi) is 4.27. The second-order valence-corrected chi connectivity index (χ2v) is 5.28. The van der Waals surface area contributed by atoms with Gasteiger partial charge >= 0.3 is 0 Å². The minimum atomic E-state index is -0.566. The summed E-state index contributed by atoms with van der Waals surface area (Å²) in [7, 11) is 1.69. The van der Waals surface area contributed by atoms with Crippen LogP contribution in [0, 0.1) is 5.92 Å². The summed E-state index contributed by atoms with van der Waals surface area (Å²) >= 11 is 0. The molecule has 0 bridgehead atoms. The van der Waals surface area contributed by atoms with E-state index in [1.54, 1.807) is 7.11 Å². The van der Waals surface area contributed by atoms with Crippen molar-refractivity contribution in [3.05, 3.63) is 42.5 Å². The number of allylic oxidation sites excluding steroid dienone is 1. The van der Waals surface area contributed by atoms with E-state index in [4.69, 9.17) is 14.2 Å². The average Bonchev–Trinajstić information content (AvgIpc) is 2.40. The lowest BCUT2D eigenvalue weighted by molar-refractivity contribution is -0.295. The van der Waals surface area contributed by atoms with E-state index in [-0.39, 0.29) is 12.0 Å². The zero-order chi connectivity index (χ0) is 13.9. The van der Waals surface area contributed by atoms with E-state index in [1.165, 1.54) is 0 Å². The molecule has 0 radical (unpaired) electrons. The SMILES string of the molecule is C=CC[C@@H]1COC(C)(C)O[C@@H]1c1ccccc1OC. The van der Waals surface area contributed by atoms with Crippen LogP contribution >= 0.6 is 0 Å². The average molecular weight is 262 g/mol. The first kappa shape index (κ1) is 14.1. The molecule has 0 spiro atoms. The summed E-state index contributed by atoms with van der Waals surface area (Å²) in [6, 6.07) is 8.00. The molecule has 0 N–H and O–H groups in total. The van der Waals surface area contributed by atoms with E-state index in [2.05, 4.69) is 12.6 Å². The molecule has 19 heavy (non-hydrogen) atoms. The van der Waals surface area contributed by atoms with Crippen molar-refractivity contribution in [3.8, 4) is 5.75 Å². The molecule has 3 heteroatoms. The predicted molar refractivity (Wildman–Crippen MR) is 75.2 cm³/mol. The Bertz CT molecular complexity index is 439. The molecule has 0 aromatic heterocycles. The zero-order valence-electron chi connectivity index (χ0n) is 11.9. The van der Waals surface area contributed by atoms with Crippen LogP contribution in [0.25, 0.3) is 0 Å². The van der Waals surface area contributed by atoms with E-state index in [9.17, 15) is 0 Å². The highest BCUT2D eigenvalue weighted by atomic mass is 16.7. The summed E-state index contributed by atoms with van der Waals surface area (Å²) in [4.78, 5) is 0. The highest BCUT2D eigenvalue weighted by Crippen LogP contribution is 2.41. The normalized spacial score (nSPS) is 25.8. The Hall–Kier alpha value is -1.32. The number of methoxy groups -OCH3 is 1. The maximum atomic E-state index is 6.12. The maximum absolute atomic E-state index is 6.12. The summed E-state index contributed by atoms with van der Waals surface area (Å²) in [5.74, 6) is 0.560. The highest BCUT2D eigenvalue weighted by molar-refractivity contribution is 5.35. The van der Waals surface area contributed by atoms with Gasteiger partial charge in [-0.25, -0.2) is 0 Å². The van der Waals surface area contributed by atoms with Crippen molar-refractivity contribution in [1.82, 2.24) is 0 Å². The van der Waals surface area contributed by atoms with E-state index >= 15 is 0 Å². The summed E-state index contributed by atoms with van der Waals surface area (Å²) < 4.78 is 17.3. The number of benzene rings is 1. The number of ether oxygens (including phenoxy) is 3. The first-order valence-electron chi connectivity index (χ1n) is 6.63. The fraction of sp³-hybridized carbons (Fsp3) is 0.500. The Labute approximate surface area is 115 Å². The second-order valence-electron chi connectivity index (χ2n) is 5.28. The van der Waals surface area contributed by atoms with Crippen LogP contribution in [0.5, 0.6) is 5.75 Å². The largest absolute Gasteiger partial charge is 0.496 e. The molecule has 1 fully saturated rings. The highest BCUT2D eigenvalue weighted by Gasteiger charge is 2.37. The lowest BCUT2D eigenvalue weighted by Gasteiger charge is -2.41. The van der Waals surface area contributed by atoms with Gasteiger partial charge in [0.05, 0.1) is 19.8 Å². The van der Waals surface area contributed by atoms with E-state index in [0.717, 1.165) is 17.7 Å². The lowest BCUT2D eigenvalue weighted by Crippen LogP contribution is -2.41. The van der Waals surface area contributed by atoms with Crippen molar-refractivity contribution in [2.24, 2.45) is 5.92 Å². The molecule has 1 saturated heterocycles. The smallest absolute Gasteiger partial charge is 0.163 e. The van der Waals surface area contributed by atoms with E-state index in [0.29, 0.717) is 6.61 Å². The van der Waals surface area contributed by atoms with Gasteiger partial charge in [0.25, 0.3) is 0 Å². The molecule has 0 unspecified atom stereocenters. The van der Waals surface area contributed by atoms with Crippen LogP contribution in [0.4, 0.5) is 0 Å². The standard InChI is InChI=1S/C16H22O3/c1-5-8-12-11-18-16(2,3)19-15(12)13-9-6-7-10-14(13)17-4/h5-7,9-10,12,15H,1,8,11H2,2-4H3/t12-,15+/m1/s1. The van der Waals surface area contributed by atoms with Crippen molar-refractivity contribution in [2.75, 3.05) is 13.7 Å². The maximum Gasteiger partial charge on any atom is 0.163 e. The van der Waals surface area contributed by atoms with Crippen molar-refractivity contribution in [2.45, 2.75) is 32.2 Å². The molecule has 0 saturated carbocycles. The number of para-hydroxylation sites is 1. The number of hydrogen-bond donors (Lipinski definition) is 0. The lowest BCUT2D eigenvalue weighted by atomic mass is 9.91. The minimum Gasteiger partial charge on any atom is -0.496 e. The van der Waals surface area contributed by atoms with Gasteiger partial charge in [-0.05, 0) is 26.3 Å². The molecular weight excluding hydrogens is 240 g/mol. The molecule has 1 aromatic carbocycles. The first-order chi connectivity index (χ1) is 9.07. The van der Waals surface area contributed by atoms with Crippen LogP contribution in [0.3, 0.4) is 0 Å². The molecule has 1 aliphatic heterocycles. The summed E-state index contributed by atoms with van der Waals surface area (Å²) in [6.07, 6.45) is 2.74. The van der Waals surface area contributed by atoms with Gasteiger partial charge < -0.3 is 14.2 Å². The van der Waals surface area contributed by atoms with E-state index < -0.39 is 5.79 Å². The van der Waals surface area contributed by atoms with Gasteiger partial charge in [-0.3, -0.25) is 0 Å². The van der Waals surface area contributed by atoms with Crippen molar-refractivity contribution < 1.29 is 14.2 Å². The van der Waals surface area contributed by atoms with Gasteiger partial charge in [0.2, 0.25) is 0 Å². The first-order valence-corrected chi connectivity index (χ1v) is 6.63. The fourth-order valence-electron chi connectivity index (χ4n) is 2.46. The molecule has 0 aliphatic carbocycles. The number of rotatable bonds is 4. The van der Waals surface area contributed by atoms with Crippen LogP contribution < -0.4 is 4.74 Å². The molecule has 1 aromatic rings. The van der Waals surface area contributed by atoms with Gasteiger partial charge in [0.1, 0.15) is 5.75 Å². The Balaban J connectivity index is 2.33. The van der Waals surface area contributed by atoms with Crippen LogP contribution in [0.2, 0.25) is 0 Å². The molecule has 0 amide bonds. The monoisotopic (exact) mass is 262 g/mol. The summed E-state index contributed by atoms with van der Waals surface area (Å²) in [6.45, 7) is 8.38. The van der Waals surface area contributed by atoms with Gasteiger partial charge in [-0.1, -0.05) is 24.3 Å². The minimum absolute atomic E-state index is 0.0297. The van der Waals surface area contributed by atoms with Gasteiger partial charge in [0, 0.05) is 11.5 Å². The van der Waals surface area contributed by atoms with Crippen LogP contribution in [0.1, 0.15) is 31.9 Å². The van der Waals surface area contributed by atoms with Gasteiger partial charge in [0.15, 0.2) is 5.79 Å². The van der Waals surface area contributed by atoms with Crippen molar-refractivity contribution in [1.29, 1.82) is 0 Å². The molecule has 1 heterocycles. The third kappa shape index (κ3) is 3.17.